The number of fused-ring (bicyclic) bond motifs is 1. The molecule has 0 aliphatic carbocycles. The maximum atomic E-state index is 9.83. The van der Waals surface area contributed by atoms with Gasteiger partial charge in [0.15, 0.2) is 5.75 Å². The number of ether oxygens (including phenoxy) is 1. The van der Waals surface area contributed by atoms with Gasteiger partial charge in [-0.2, -0.15) is 10.5 Å². The molecule has 7 nitrogen and oxygen atoms in total. The van der Waals surface area contributed by atoms with Gasteiger partial charge in [0.25, 0.3) is 0 Å². The average Bonchev–Trinajstić information content (AvgIpc) is 3.39. The Kier molecular flexibility index (Phi) is 5.10. The van der Waals surface area contributed by atoms with Crippen LogP contribution in [0.25, 0.3) is 27.7 Å². The largest absolute Gasteiger partial charge is 0.493 e. The highest BCUT2D eigenvalue weighted by molar-refractivity contribution is 7.14. The predicted octanol–water partition coefficient (Wildman–Crippen LogP) is 4.99. The van der Waals surface area contributed by atoms with Crippen molar-refractivity contribution in [3.63, 3.8) is 0 Å². The molecule has 0 atom stereocenters. The van der Waals surface area contributed by atoms with Crippen molar-refractivity contribution in [3.05, 3.63) is 57.2 Å². The van der Waals surface area contributed by atoms with Crippen LogP contribution in [0.4, 0.5) is 0 Å². The van der Waals surface area contributed by atoms with Gasteiger partial charge in [-0.3, -0.25) is 4.98 Å². The number of hydrogen-bond acceptors (Lipinski definition) is 6. The number of aromatic amines is 1. The van der Waals surface area contributed by atoms with Gasteiger partial charge < -0.3 is 14.3 Å². The summed E-state index contributed by atoms with van der Waals surface area (Å²) in [6, 6.07) is 6.60. The van der Waals surface area contributed by atoms with Crippen molar-refractivity contribution in [2.24, 2.45) is 0 Å². The molecule has 0 unspecified atom stereocenters. The lowest BCUT2D eigenvalue weighted by atomic mass is 10.1. The Morgan fingerprint density at radius 1 is 1.23 bits per heavy atom. The average molecular weight is 429 g/mol. The van der Waals surface area contributed by atoms with Crippen molar-refractivity contribution in [1.29, 1.82) is 10.5 Å². The molecule has 1 N–H and O–H groups in total. The van der Waals surface area contributed by atoms with Crippen LogP contribution in [0.2, 0.25) is 0 Å². The number of thiophene rings is 1. The van der Waals surface area contributed by atoms with Gasteiger partial charge >= 0.3 is 0 Å². The van der Waals surface area contributed by atoms with Crippen molar-refractivity contribution in [1.82, 2.24) is 19.5 Å². The fourth-order valence-corrected chi connectivity index (χ4v) is 4.86. The summed E-state index contributed by atoms with van der Waals surface area (Å²) in [7, 11) is 1.57. The summed E-state index contributed by atoms with van der Waals surface area (Å²) in [5, 5.41) is 20.4. The second kappa shape index (κ2) is 7.75. The van der Waals surface area contributed by atoms with E-state index in [9.17, 15) is 10.5 Å². The van der Waals surface area contributed by atoms with Crippen LogP contribution in [0.15, 0.2) is 18.5 Å². The molecule has 0 saturated heterocycles. The number of imidazole rings is 1. The fraction of sp³-hybridized carbons (Fsp3) is 0.217. The van der Waals surface area contributed by atoms with Crippen LogP contribution in [0.5, 0.6) is 5.75 Å². The minimum atomic E-state index is 0.401. The number of H-pyrrole nitrogens is 1. The molecule has 0 saturated carbocycles. The molecule has 0 bridgehead atoms. The van der Waals surface area contributed by atoms with Crippen molar-refractivity contribution in [3.8, 4) is 22.9 Å². The topological polar surface area (TPSA) is 103 Å². The van der Waals surface area contributed by atoms with E-state index in [1.54, 1.807) is 30.8 Å². The van der Waals surface area contributed by atoms with Crippen LogP contribution in [0.1, 0.15) is 38.8 Å². The number of hydrogen-bond donors (Lipinski definition) is 1. The molecule has 0 aliphatic heterocycles. The van der Waals surface area contributed by atoms with E-state index in [4.69, 9.17) is 4.74 Å². The van der Waals surface area contributed by atoms with E-state index in [0.717, 1.165) is 32.4 Å². The predicted molar refractivity (Wildman–Crippen MR) is 121 cm³/mol. The zero-order valence-corrected chi connectivity index (χ0v) is 18.7. The summed E-state index contributed by atoms with van der Waals surface area (Å²) in [6.07, 6.45) is 5.05. The Hall–Kier alpha value is -3.88. The van der Waals surface area contributed by atoms with Gasteiger partial charge in [-0.05, 0) is 51.0 Å². The highest BCUT2D eigenvalue weighted by atomic mass is 32.1. The van der Waals surface area contributed by atoms with Gasteiger partial charge in [0.05, 0.1) is 30.6 Å². The lowest BCUT2D eigenvalue weighted by molar-refractivity contribution is 0.417. The molecule has 0 fully saturated rings. The number of nitrogens with zero attached hydrogens (tertiary/aromatic N) is 5. The van der Waals surface area contributed by atoms with E-state index in [1.807, 2.05) is 39.8 Å². The van der Waals surface area contributed by atoms with Crippen LogP contribution < -0.4 is 4.74 Å². The van der Waals surface area contributed by atoms with Gasteiger partial charge in [0.1, 0.15) is 34.0 Å². The Balaban J connectivity index is 1.84. The molecule has 0 aliphatic rings. The normalized spacial score (nSPS) is 11.5. The molecular weight excluding hydrogens is 408 g/mol. The molecule has 154 valence electrons. The lowest BCUT2D eigenvalue weighted by Crippen LogP contribution is -1.99. The van der Waals surface area contributed by atoms with E-state index in [0.29, 0.717) is 33.7 Å². The van der Waals surface area contributed by atoms with Gasteiger partial charge in [-0.1, -0.05) is 0 Å². The minimum absolute atomic E-state index is 0.401. The van der Waals surface area contributed by atoms with Crippen LogP contribution in [0, 0.1) is 50.4 Å². The van der Waals surface area contributed by atoms with Crippen molar-refractivity contribution in [2.75, 3.05) is 7.11 Å². The van der Waals surface area contributed by atoms with Gasteiger partial charge in [-0.15, -0.1) is 11.3 Å². The molecule has 8 heteroatoms. The molecular formula is C23H20N6OS. The summed E-state index contributed by atoms with van der Waals surface area (Å²) in [4.78, 5) is 12.9. The van der Waals surface area contributed by atoms with E-state index in [1.165, 1.54) is 0 Å². The summed E-state index contributed by atoms with van der Waals surface area (Å²) in [6.45, 7) is 7.99. The van der Waals surface area contributed by atoms with Crippen LogP contribution >= 0.6 is 11.3 Å². The Morgan fingerprint density at radius 2 is 2.00 bits per heavy atom. The number of nitrogens with one attached hydrogen (secondary N) is 1. The molecule has 4 rings (SSSR count). The fourth-order valence-electron chi connectivity index (χ4n) is 3.64. The number of rotatable bonds is 4. The van der Waals surface area contributed by atoms with Crippen LogP contribution in [-0.4, -0.2) is 26.6 Å². The van der Waals surface area contributed by atoms with Crippen molar-refractivity contribution >= 4 is 34.0 Å². The number of pyridine rings is 1. The third-order valence-electron chi connectivity index (χ3n) is 5.41. The first-order valence-corrected chi connectivity index (χ1v) is 10.4. The molecule has 4 aromatic rings. The van der Waals surface area contributed by atoms with Crippen LogP contribution in [-0.2, 0) is 0 Å². The highest BCUT2D eigenvalue weighted by Crippen LogP contribution is 2.34. The third-order valence-corrected chi connectivity index (χ3v) is 6.61. The molecule has 0 radical (unpaired) electrons. The summed E-state index contributed by atoms with van der Waals surface area (Å²) >= 11 is 1.60. The lowest BCUT2D eigenvalue weighted by Gasteiger charge is -2.07. The second-order valence-corrected chi connectivity index (χ2v) is 8.43. The molecule has 4 aromatic heterocycles. The van der Waals surface area contributed by atoms with E-state index >= 15 is 0 Å². The first-order chi connectivity index (χ1) is 14.9. The maximum Gasteiger partial charge on any atom is 0.162 e. The molecule has 0 aromatic carbocycles. The molecule has 4 heterocycles. The zero-order valence-electron chi connectivity index (χ0n) is 17.9. The zero-order chi connectivity index (χ0) is 22.3. The molecule has 0 spiro atoms. The first kappa shape index (κ1) is 20.4. The van der Waals surface area contributed by atoms with E-state index < -0.39 is 0 Å². The Bertz CT molecular complexity index is 1440. The van der Waals surface area contributed by atoms with Crippen molar-refractivity contribution < 1.29 is 4.74 Å². The first-order valence-electron chi connectivity index (χ1n) is 9.58. The number of aryl methyl sites for hydroxylation is 2. The van der Waals surface area contributed by atoms with Crippen molar-refractivity contribution in [2.45, 2.75) is 27.7 Å². The number of allylic oxidation sites excluding steroid dienone is 1. The SMILES string of the molecule is COc1cncc2nc(C(C#N)=Cc3cc(C)n(-c4sc(C)c(C)c4C#N)c3C)[nH]c12. The summed E-state index contributed by atoms with van der Waals surface area (Å²) in [5.74, 6) is 1.02. The Labute approximate surface area is 183 Å². The molecule has 0 amide bonds. The summed E-state index contributed by atoms with van der Waals surface area (Å²) in [5.41, 5.74) is 6.27. The number of methoxy groups -OCH3 is 1. The quantitative estimate of drug-likeness (QED) is 0.461. The standard InChI is InChI=1S/C23H20N6OS/c1-12-6-16(14(3)29(12)23-18(9-25)13(2)15(4)31-23)7-17(8-24)22-27-19-10-26-11-20(30-5)21(19)28-22/h6-7,10-11H,1-5H3,(H,27,28). The van der Waals surface area contributed by atoms with Crippen LogP contribution in [0.3, 0.4) is 0 Å². The minimum Gasteiger partial charge on any atom is -0.493 e. The second-order valence-electron chi connectivity index (χ2n) is 7.23. The smallest absolute Gasteiger partial charge is 0.162 e. The van der Waals surface area contributed by atoms with Gasteiger partial charge in [-0.25, -0.2) is 4.98 Å². The highest BCUT2D eigenvalue weighted by Gasteiger charge is 2.19. The Morgan fingerprint density at radius 3 is 2.68 bits per heavy atom. The van der Waals surface area contributed by atoms with Gasteiger partial charge in [0.2, 0.25) is 0 Å². The van der Waals surface area contributed by atoms with E-state index in [-0.39, 0.29) is 0 Å². The number of aromatic nitrogens is 4. The van der Waals surface area contributed by atoms with E-state index in [2.05, 4.69) is 31.7 Å². The number of nitriles is 2. The third kappa shape index (κ3) is 3.27. The monoisotopic (exact) mass is 428 g/mol. The summed E-state index contributed by atoms with van der Waals surface area (Å²) < 4.78 is 7.41. The maximum absolute atomic E-state index is 9.83. The van der Waals surface area contributed by atoms with Gasteiger partial charge in [0, 0.05) is 16.3 Å². The molecule has 31 heavy (non-hydrogen) atoms.